The predicted molar refractivity (Wildman–Crippen MR) is 123 cm³/mol. The summed E-state index contributed by atoms with van der Waals surface area (Å²) in [6.07, 6.45) is 5.55. The van der Waals surface area contributed by atoms with Gasteiger partial charge in [0.05, 0.1) is 7.11 Å². The molecule has 2 N–H and O–H groups in total. The van der Waals surface area contributed by atoms with Crippen molar-refractivity contribution >= 4 is 23.9 Å². The second kappa shape index (κ2) is 8.89. The Morgan fingerprint density at radius 2 is 1.82 bits per heavy atom. The molecule has 1 saturated heterocycles. The summed E-state index contributed by atoms with van der Waals surface area (Å²) in [6, 6.07) is -1.56. The first kappa shape index (κ1) is 24.5. The Bertz CT molecular complexity index is 872. The molecule has 0 bridgehead atoms. The number of carbonyl (C=O) groups is 4. The Balaban J connectivity index is 1.42. The lowest BCUT2D eigenvalue weighted by atomic mass is 9.85. The van der Waals surface area contributed by atoms with E-state index in [0.29, 0.717) is 37.6 Å². The molecule has 4 aliphatic rings. The SMILES string of the molecule is C=C[C@@H]1CC1(NC(=O)[C@@H]1CCCN1C(=O)[C@@H](NC(=O)OC1C[C@@H]2C[C@@H]2C1)C(C)(C)C)C(=O)OC. The number of alkyl carbamates (subject to hydrolysis) is 1. The maximum absolute atomic E-state index is 13.6. The highest BCUT2D eigenvalue weighted by Gasteiger charge is 2.61. The predicted octanol–water partition coefficient (Wildman–Crippen LogP) is 2.15. The van der Waals surface area contributed by atoms with Crippen LogP contribution in [0.15, 0.2) is 12.7 Å². The summed E-state index contributed by atoms with van der Waals surface area (Å²) in [6.45, 7) is 9.75. The van der Waals surface area contributed by atoms with Gasteiger partial charge in [0.15, 0.2) is 0 Å². The average Bonchev–Trinajstić information content (AvgIpc) is 3.55. The van der Waals surface area contributed by atoms with Gasteiger partial charge in [-0.3, -0.25) is 9.59 Å². The van der Waals surface area contributed by atoms with Gasteiger partial charge in [-0.05, 0) is 55.8 Å². The minimum Gasteiger partial charge on any atom is -0.467 e. The van der Waals surface area contributed by atoms with Crippen LogP contribution in [0.4, 0.5) is 4.79 Å². The number of esters is 1. The fourth-order valence-electron chi connectivity index (χ4n) is 5.66. The van der Waals surface area contributed by atoms with Crippen LogP contribution < -0.4 is 10.6 Å². The van der Waals surface area contributed by atoms with Gasteiger partial charge in [0.1, 0.15) is 23.7 Å². The van der Waals surface area contributed by atoms with Gasteiger partial charge in [0.25, 0.3) is 0 Å². The van der Waals surface area contributed by atoms with Crippen molar-refractivity contribution in [3.8, 4) is 0 Å². The molecule has 3 aliphatic carbocycles. The van der Waals surface area contributed by atoms with Crippen molar-refractivity contribution in [2.24, 2.45) is 23.2 Å². The number of hydrogen-bond acceptors (Lipinski definition) is 6. The van der Waals surface area contributed by atoms with E-state index in [9.17, 15) is 19.2 Å². The zero-order valence-electron chi connectivity index (χ0n) is 20.6. The van der Waals surface area contributed by atoms with Gasteiger partial charge in [0.2, 0.25) is 11.8 Å². The number of methoxy groups -OCH3 is 1. The van der Waals surface area contributed by atoms with E-state index in [1.165, 1.54) is 18.4 Å². The van der Waals surface area contributed by atoms with Gasteiger partial charge >= 0.3 is 12.1 Å². The van der Waals surface area contributed by atoms with E-state index < -0.39 is 35.1 Å². The molecule has 9 heteroatoms. The molecule has 1 aliphatic heterocycles. The number of rotatable bonds is 7. The van der Waals surface area contributed by atoms with Crippen LogP contribution >= 0.6 is 0 Å². The first-order chi connectivity index (χ1) is 16.0. The Hall–Kier alpha value is -2.58. The van der Waals surface area contributed by atoms with Crippen LogP contribution in [-0.2, 0) is 23.9 Å². The lowest BCUT2D eigenvalue weighted by Gasteiger charge is -2.35. The van der Waals surface area contributed by atoms with Crippen LogP contribution in [0.2, 0.25) is 0 Å². The number of nitrogens with zero attached hydrogens (tertiary/aromatic N) is 1. The second-order valence-electron chi connectivity index (χ2n) is 11.4. The standard InChI is InChI=1S/C25H37N3O6/c1-6-16-13-25(16,22(31)33-5)27-20(29)18-8-7-9-28(18)21(30)19(24(2,3)4)26-23(32)34-17-11-14-10-15(14)12-17/h6,14-19H,1,7-13H2,2-5H3,(H,26,32)(H,27,29)/t14-,15+,16-,17?,18+,19-,25?/m1/s1. The zero-order chi connectivity index (χ0) is 24.8. The third-order valence-electron chi connectivity index (χ3n) is 7.88. The number of nitrogens with one attached hydrogen (secondary N) is 2. The normalized spacial score (nSPS) is 34.5. The van der Waals surface area contributed by atoms with Gasteiger partial charge in [-0.2, -0.15) is 0 Å². The first-order valence-corrected chi connectivity index (χ1v) is 12.3. The van der Waals surface area contributed by atoms with E-state index in [-0.39, 0.29) is 23.8 Å². The Kier molecular flexibility index (Phi) is 6.42. The third kappa shape index (κ3) is 4.66. The Morgan fingerprint density at radius 1 is 1.15 bits per heavy atom. The minimum atomic E-state index is -1.11. The molecule has 0 aromatic heterocycles. The fraction of sp³-hybridized carbons (Fsp3) is 0.760. The van der Waals surface area contributed by atoms with Crippen LogP contribution in [0, 0.1) is 23.2 Å². The van der Waals surface area contributed by atoms with Crippen LogP contribution in [0.1, 0.15) is 59.3 Å². The van der Waals surface area contributed by atoms with Crippen LogP contribution in [-0.4, -0.2) is 66.2 Å². The smallest absolute Gasteiger partial charge is 0.408 e. The van der Waals surface area contributed by atoms with Crippen LogP contribution in [0.5, 0.6) is 0 Å². The Morgan fingerprint density at radius 3 is 2.38 bits per heavy atom. The molecule has 4 fully saturated rings. The first-order valence-electron chi connectivity index (χ1n) is 12.3. The van der Waals surface area contributed by atoms with Gasteiger partial charge in [-0.15, -0.1) is 6.58 Å². The number of ether oxygens (including phenoxy) is 2. The molecule has 188 valence electrons. The van der Waals surface area contributed by atoms with E-state index in [1.54, 1.807) is 6.08 Å². The molecule has 0 spiro atoms. The molecule has 7 atom stereocenters. The maximum Gasteiger partial charge on any atom is 0.408 e. The number of fused-ring (bicyclic) bond motifs is 1. The fourth-order valence-corrected chi connectivity index (χ4v) is 5.66. The number of likely N-dealkylation sites (tertiary alicyclic amines) is 1. The molecular formula is C25H37N3O6. The Labute approximate surface area is 201 Å². The quantitative estimate of drug-likeness (QED) is 0.431. The molecule has 3 amide bonds. The number of carbonyl (C=O) groups excluding carboxylic acids is 4. The highest BCUT2D eigenvalue weighted by atomic mass is 16.6. The van der Waals surface area contributed by atoms with Gasteiger partial charge in [0, 0.05) is 12.5 Å². The second-order valence-corrected chi connectivity index (χ2v) is 11.4. The molecule has 0 radical (unpaired) electrons. The summed E-state index contributed by atoms with van der Waals surface area (Å²) >= 11 is 0. The van der Waals surface area contributed by atoms with Crippen molar-refractivity contribution in [3.63, 3.8) is 0 Å². The molecule has 34 heavy (non-hydrogen) atoms. The summed E-state index contributed by atoms with van der Waals surface area (Å²) < 4.78 is 10.5. The highest BCUT2D eigenvalue weighted by molar-refractivity contribution is 5.96. The van der Waals surface area contributed by atoms with Gasteiger partial charge < -0.3 is 25.0 Å². The summed E-state index contributed by atoms with van der Waals surface area (Å²) in [5, 5.41) is 5.61. The van der Waals surface area contributed by atoms with E-state index >= 15 is 0 Å². The molecule has 9 nitrogen and oxygen atoms in total. The molecule has 0 aromatic rings. The largest absolute Gasteiger partial charge is 0.467 e. The van der Waals surface area contributed by atoms with E-state index in [1.807, 2.05) is 20.8 Å². The van der Waals surface area contributed by atoms with Crippen molar-refractivity contribution < 1.29 is 28.7 Å². The van der Waals surface area contributed by atoms with Crippen molar-refractivity contribution in [2.75, 3.05) is 13.7 Å². The number of amides is 3. The average molecular weight is 476 g/mol. The maximum atomic E-state index is 13.6. The van der Waals surface area contributed by atoms with Crippen molar-refractivity contribution in [3.05, 3.63) is 12.7 Å². The van der Waals surface area contributed by atoms with E-state index in [2.05, 4.69) is 17.2 Å². The summed E-state index contributed by atoms with van der Waals surface area (Å²) in [7, 11) is 1.29. The minimum absolute atomic E-state index is 0.0874. The molecule has 0 aromatic carbocycles. The van der Waals surface area contributed by atoms with Gasteiger partial charge in [-0.25, -0.2) is 9.59 Å². The van der Waals surface area contributed by atoms with E-state index in [0.717, 1.165) is 12.8 Å². The number of hydrogen-bond donors (Lipinski definition) is 2. The lowest BCUT2D eigenvalue weighted by Crippen LogP contribution is -2.59. The summed E-state index contributed by atoms with van der Waals surface area (Å²) in [5.74, 6) is -0.0529. The molecule has 1 heterocycles. The zero-order valence-corrected chi connectivity index (χ0v) is 20.6. The third-order valence-corrected chi connectivity index (χ3v) is 7.88. The molecule has 3 saturated carbocycles. The summed E-state index contributed by atoms with van der Waals surface area (Å²) in [4.78, 5) is 53.3. The van der Waals surface area contributed by atoms with Crippen molar-refractivity contribution in [1.82, 2.24) is 15.5 Å². The lowest BCUT2D eigenvalue weighted by molar-refractivity contribution is -0.148. The summed E-state index contributed by atoms with van der Waals surface area (Å²) in [5.41, 5.74) is -1.70. The molecule has 4 rings (SSSR count). The van der Waals surface area contributed by atoms with Crippen LogP contribution in [0.25, 0.3) is 0 Å². The van der Waals surface area contributed by atoms with Crippen molar-refractivity contribution in [2.45, 2.75) is 83.0 Å². The molecule has 2 unspecified atom stereocenters. The van der Waals surface area contributed by atoms with Gasteiger partial charge in [-0.1, -0.05) is 26.8 Å². The van der Waals surface area contributed by atoms with Crippen LogP contribution in [0.3, 0.4) is 0 Å². The topological polar surface area (TPSA) is 114 Å². The monoisotopic (exact) mass is 475 g/mol. The van der Waals surface area contributed by atoms with Crippen molar-refractivity contribution in [1.29, 1.82) is 0 Å². The highest BCUT2D eigenvalue weighted by Crippen LogP contribution is 2.52. The van der Waals surface area contributed by atoms with E-state index in [4.69, 9.17) is 9.47 Å². The molecular weight excluding hydrogens is 438 g/mol.